The Labute approximate surface area is 448 Å². The van der Waals surface area contributed by atoms with Gasteiger partial charge in [-0.25, -0.2) is 9.97 Å². The number of rotatable bonds is 5. The lowest BCUT2D eigenvalue weighted by molar-refractivity contribution is 0.669. The maximum Gasteiger partial charge on any atom is 0.136 e. The molecule has 0 saturated heterocycles. The average molecular weight is 1020 g/mol. The van der Waals surface area contributed by atoms with Crippen LogP contribution < -0.4 is 0 Å². The number of hydrogen-bond acceptors (Lipinski definition) is 6. The highest BCUT2D eigenvalue weighted by atomic mass is 32.2. The summed E-state index contributed by atoms with van der Waals surface area (Å²) in [5, 5.41) is 6.54. The molecular formula is C69H39N3OS3. The van der Waals surface area contributed by atoms with E-state index < -0.39 is 5.41 Å². The second kappa shape index (κ2) is 16.1. The molecule has 354 valence electrons. The van der Waals surface area contributed by atoms with Crippen LogP contribution in [-0.4, -0.2) is 14.5 Å². The number of furan rings is 1. The minimum atomic E-state index is -0.436. The van der Waals surface area contributed by atoms with Gasteiger partial charge < -0.3 is 8.98 Å². The molecule has 2 aliphatic rings. The standard InChI is InChI=1S/C69H39N3OS3/c1-4-20-51-45(15-1)46-16-2-5-21-52(46)69(51)53-22-6-10-28-61(53)74-64-39-41(32-34-54(64)69)40-31-33-49-58(38-40)72(57-25-13-18-47(65(49)57)48-19-14-27-60-66(48)50-17-3-9-26-59(50)73-60)44-36-42(67-70-55-23-7-11-29-62(55)75-67)35-43(37-44)68-71-56-24-8-12-30-63(56)76-68/h1-39H. The fraction of sp³-hybridized carbons (Fsp3) is 0.0145. The van der Waals surface area contributed by atoms with Crippen molar-refractivity contribution in [1.29, 1.82) is 0 Å². The third-order valence-electron chi connectivity index (χ3n) is 15.9. The Morgan fingerprint density at radius 1 is 0.368 bits per heavy atom. The van der Waals surface area contributed by atoms with Crippen molar-refractivity contribution in [2.45, 2.75) is 15.2 Å². The number of hydrogen-bond donors (Lipinski definition) is 0. The predicted molar refractivity (Wildman–Crippen MR) is 318 cm³/mol. The van der Waals surface area contributed by atoms with Crippen LogP contribution in [0.5, 0.6) is 0 Å². The highest BCUT2D eigenvalue weighted by Gasteiger charge is 2.50. The van der Waals surface area contributed by atoms with E-state index in [1.54, 1.807) is 22.7 Å². The summed E-state index contributed by atoms with van der Waals surface area (Å²) in [7, 11) is 0. The summed E-state index contributed by atoms with van der Waals surface area (Å²) in [6.45, 7) is 0. The zero-order chi connectivity index (χ0) is 49.6. The third kappa shape index (κ3) is 6.01. The zero-order valence-electron chi connectivity index (χ0n) is 40.5. The van der Waals surface area contributed by atoms with Crippen molar-refractivity contribution in [3.05, 3.63) is 259 Å². The fourth-order valence-corrected chi connectivity index (χ4v) is 15.9. The van der Waals surface area contributed by atoms with Gasteiger partial charge in [-0.15, -0.1) is 22.7 Å². The normalized spacial score (nSPS) is 13.3. The van der Waals surface area contributed by atoms with E-state index in [1.165, 1.54) is 59.5 Å². The molecule has 5 heterocycles. The Morgan fingerprint density at radius 2 is 0.934 bits per heavy atom. The van der Waals surface area contributed by atoms with Crippen LogP contribution in [0, 0.1) is 0 Å². The lowest BCUT2D eigenvalue weighted by Gasteiger charge is -2.39. The van der Waals surface area contributed by atoms with E-state index in [1.807, 2.05) is 17.8 Å². The van der Waals surface area contributed by atoms with Gasteiger partial charge in [-0.1, -0.05) is 169 Å². The van der Waals surface area contributed by atoms with E-state index >= 15 is 0 Å². The van der Waals surface area contributed by atoms with E-state index in [0.717, 1.165) is 96.9 Å². The fourth-order valence-electron chi connectivity index (χ4n) is 12.8. The summed E-state index contributed by atoms with van der Waals surface area (Å²) in [4.78, 5) is 13.1. The molecule has 1 aliphatic carbocycles. The highest BCUT2D eigenvalue weighted by molar-refractivity contribution is 7.99. The summed E-state index contributed by atoms with van der Waals surface area (Å²) in [5.74, 6) is 0. The van der Waals surface area contributed by atoms with Crippen LogP contribution in [0.15, 0.2) is 251 Å². The monoisotopic (exact) mass is 1020 g/mol. The molecule has 0 radical (unpaired) electrons. The van der Waals surface area contributed by atoms with Crippen LogP contribution in [0.4, 0.5) is 0 Å². The quantitative estimate of drug-likeness (QED) is 0.172. The number of thiazole rings is 2. The number of benzene rings is 11. The van der Waals surface area contributed by atoms with Crippen LogP contribution in [0.3, 0.4) is 0 Å². The smallest absolute Gasteiger partial charge is 0.136 e. The first-order valence-electron chi connectivity index (χ1n) is 25.6. The van der Waals surface area contributed by atoms with Crippen molar-refractivity contribution < 1.29 is 4.42 Å². The first-order chi connectivity index (χ1) is 37.6. The topological polar surface area (TPSA) is 43.9 Å². The number of para-hydroxylation sites is 3. The van der Waals surface area contributed by atoms with Gasteiger partial charge in [-0.3, -0.25) is 0 Å². The molecule has 1 spiro atoms. The molecule has 0 bridgehead atoms. The van der Waals surface area contributed by atoms with Crippen molar-refractivity contribution in [2.24, 2.45) is 0 Å². The maximum atomic E-state index is 6.51. The van der Waals surface area contributed by atoms with Gasteiger partial charge in [-0.2, -0.15) is 0 Å². The first-order valence-corrected chi connectivity index (χ1v) is 28.1. The summed E-state index contributed by atoms with van der Waals surface area (Å²) < 4.78 is 11.3. The first kappa shape index (κ1) is 42.5. The van der Waals surface area contributed by atoms with Crippen molar-refractivity contribution in [3.8, 4) is 60.2 Å². The van der Waals surface area contributed by atoms with Crippen molar-refractivity contribution in [1.82, 2.24) is 14.5 Å². The molecule has 0 saturated carbocycles. The summed E-state index contributed by atoms with van der Waals surface area (Å²) >= 11 is 5.36. The molecular weight excluding hydrogens is 983 g/mol. The molecule has 0 fully saturated rings. The number of nitrogens with zero attached hydrogens (tertiary/aromatic N) is 3. The van der Waals surface area contributed by atoms with E-state index in [2.05, 4.69) is 235 Å². The molecule has 0 atom stereocenters. The Hall–Kier alpha value is -8.85. The lowest BCUT2D eigenvalue weighted by Crippen LogP contribution is -2.31. The van der Waals surface area contributed by atoms with E-state index in [9.17, 15) is 0 Å². The molecule has 0 amide bonds. The van der Waals surface area contributed by atoms with Gasteiger partial charge in [0.1, 0.15) is 21.2 Å². The van der Waals surface area contributed by atoms with Crippen LogP contribution in [0.1, 0.15) is 22.3 Å². The van der Waals surface area contributed by atoms with E-state index in [0.29, 0.717) is 0 Å². The van der Waals surface area contributed by atoms with Gasteiger partial charge in [0.2, 0.25) is 0 Å². The predicted octanol–water partition coefficient (Wildman–Crippen LogP) is 19.4. The highest BCUT2D eigenvalue weighted by Crippen LogP contribution is 2.62. The van der Waals surface area contributed by atoms with E-state index in [4.69, 9.17) is 14.4 Å². The average Bonchev–Trinajstić information content (AvgIpc) is 4.47. The minimum Gasteiger partial charge on any atom is -0.456 e. The molecule has 7 heteroatoms. The Balaban J connectivity index is 0.927. The summed E-state index contributed by atoms with van der Waals surface area (Å²) in [6.07, 6.45) is 0. The Morgan fingerprint density at radius 3 is 1.67 bits per heavy atom. The van der Waals surface area contributed by atoms with Crippen LogP contribution in [0.2, 0.25) is 0 Å². The van der Waals surface area contributed by atoms with Gasteiger partial charge >= 0.3 is 0 Å². The summed E-state index contributed by atoms with van der Waals surface area (Å²) in [6, 6.07) is 87.0. The largest absolute Gasteiger partial charge is 0.456 e. The molecule has 1 aliphatic heterocycles. The summed E-state index contributed by atoms with van der Waals surface area (Å²) in [5.41, 5.74) is 21.3. The maximum absolute atomic E-state index is 6.51. The second-order valence-electron chi connectivity index (χ2n) is 19.9. The number of aromatic nitrogens is 3. The molecule has 76 heavy (non-hydrogen) atoms. The molecule has 15 aromatic rings. The van der Waals surface area contributed by atoms with Crippen LogP contribution in [0.25, 0.3) is 124 Å². The van der Waals surface area contributed by atoms with Gasteiger partial charge in [0, 0.05) is 48.2 Å². The van der Waals surface area contributed by atoms with Crippen LogP contribution in [-0.2, 0) is 5.41 Å². The molecule has 0 N–H and O–H groups in total. The minimum absolute atomic E-state index is 0.436. The number of fused-ring (bicyclic) bond motifs is 17. The molecule has 0 unspecified atom stereocenters. The van der Waals surface area contributed by atoms with Gasteiger partial charge in [0.15, 0.2) is 0 Å². The molecule has 17 rings (SSSR count). The SMILES string of the molecule is c1ccc2c(c1)Sc1cc(-c3ccc4c5c(-c6cccc7oc8ccccc8c67)cccc5n(-c5cc(-c6nc7ccccc7s6)cc(-c6nc7ccccc7s6)c5)c4c3)ccc1C21c2ccccc2-c2ccccc21. The van der Waals surface area contributed by atoms with Crippen LogP contribution >= 0.6 is 34.4 Å². The Bertz CT molecular complexity index is 4750. The van der Waals surface area contributed by atoms with Gasteiger partial charge in [-0.05, 0) is 134 Å². The second-order valence-corrected chi connectivity index (χ2v) is 23.1. The third-order valence-corrected chi connectivity index (χ3v) is 19.2. The van der Waals surface area contributed by atoms with E-state index in [-0.39, 0.29) is 0 Å². The van der Waals surface area contributed by atoms with Gasteiger partial charge in [0.25, 0.3) is 0 Å². The molecule has 11 aromatic carbocycles. The Kier molecular flexibility index (Phi) is 8.99. The molecule has 4 nitrogen and oxygen atoms in total. The van der Waals surface area contributed by atoms with Crippen molar-refractivity contribution >= 4 is 98.6 Å². The molecule has 4 aromatic heterocycles. The van der Waals surface area contributed by atoms with Gasteiger partial charge in [0.05, 0.1) is 36.9 Å². The van der Waals surface area contributed by atoms with Crippen molar-refractivity contribution in [2.75, 3.05) is 0 Å². The zero-order valence-corrected chi connectivity index (χ0v) is 42.9. The van der Waals surface area contributed by atoms with Crippen molar-refractivity contribution in [3.63, 3.8) is 0 Å². The lowest BCUT2D eigenvalue weighted by atomic mass is 9.67.